The van der Waals surface area contributed by atoms with Crippen molar-refractivity contribution in [2.75, 3.05) is 5.32 Å². The van der Waals surface area contributed by atoms with Crippen LogP contribution in [0.1, 0.15) is 36.7 Å². The lowest BCUT2D eigenvalue weighted by atomic mass is 10.1. The molecule has 8 heteroatoms. The second-order valence-corrected chi connectivity index (χ2v) is 6.16. The van der Waals surface area contributed by atoms with Crippen LogP contribution in [-0.4, -0.2) is 22.4 Å². The molecule has 0 heterocycles. The van der Waals surface area contributed by atoms with E-state index in [1.54, 1.807) is 57.2 Å². The smallest absolute Gasteiger partial charge is 0.271 e. The molecule has 140 valence electrons. The molecule has 0 atom stereocenters. The monoisotopic (exact) mass is 368 g/mol. The number of nitro benzene ring substituents is 1. The first-order chi connectivity index (χ1) is 12.8. The molecule has 0 radical (unpaired) electrons. The predicted molar refractivity (Wildman–Crippen MR) is 103 cm³/mol. The third-order valence-corrected chi connectivity index (χ3v) is 3.76. The van der Waals surface area contributed by atoms with Crippen molar-refractivity contribution in [3.05, 3.63) is 69.8 Å². The quantitative estimate of drug-likeness (QED) is 0.462. The molecule has 0 fully saturated rings. The predicted octanol–water partition coefficient (Wildman–Crippen LogP) is 3.34. The number of nitro groups is 1. The van der Waals surface area contributed by atoms with Gasteiger partial charge in [-0.15, -0.1) is 0 Å². The molecule has 27 heavy (non-hydrogen) atoms. The molecule has 0 unspecified atom stereocenters. The van der Waals surface area contributed by atoms with E-state index in [2.05, 4.69) is 15.8 Å². The lowest BCUT2D eigenvalue weighted by Crippen LogP contribution is -2.20. The van der Waals surface area contributed by atoms with Gasteiger partial charge >= 0.3 is 0 Å². The first-order valence-electron chi connectivity index (χ1n) is 8.28. The third-order valence-electron chi connectivity index (χ3n) is 3.76. The summed E-state index contributed by atoms with van der Waals surface area (Å²) < 4.78 is 0. The molecule has 2 N–H and O–H groups in total. The van der Waals surface area contributed by atoms with E-state index in [1.165, 1.54) is 12.1 Å². The molecule has 0 aliphatic heterocycles. The van der Waals surface area contributed by atoms with E-state index in [4.69, 9.17) is 0 Å². The molecule has 2 aromatic carbocycles. The van der Waals surface area contributed by atoms with Crippen LogP contribution in [0.5, 0.6) is 0 Å². The molecule has 0 saturated carbocycles. The highest BCUT2D eigenvalue weighted by molar-refractivity contribution is 6.01. The molecule has 2 rings (SSSR count). The summed E-state index contributed by atoms with van der Waals surface area (Å²) in [5, 5.41) is 17.4. The Balaban J connectivity index is 2.00. The van der Waals surface area contributed by atoms with Gasteiger partial charge in [-0.3, -0.25) is 19.7 Å². The number of hydrazone groups is 1. The maximum absolute atomic E-state index is 12.2. The van der Waals surface area contributed by atoms with Crippen LogP contribution in [0.4, 0.5) is 11.4 Å². The second-order valence-electron chi connectivity index (χ2n) is 6.16. The summed E-state index contributed by atoms with van der Waals surface area (Å²) in [4.78, 5) is 34.0. The number of carbonyl (C=O) groups is 2. The van der Waals surface area contributed by atoms with E-state index in [1.807, 2.05) is 0 Å². The van der Waals surface area contributed by atoms with E-state index in [0.29, 0.717) is 22.5 Å². The van der Waals surface area contributed by atoms with Gasteiger partial charge in [0.1, 0.15) is 0 Å². The summed E-state index contributed by atoms with van der Waals surface area (Å²) in [7, 11) is 0. The van der Waals surface area contributed by atoms with Crippen LogP contribution in [0.15, 0.2) is 53.6 Å². The van der Waals surface area contributed by atoms with Crippen molar-refractivity contribution in [3.63, 3.8) is 0 Å². The number of hydrogen-bond acceptors (Lipinski definition) is 5. The average molecular weight is 368 g/mol. The number of hydrogen-bond donors (Lipinski definition) is 2. The van der Waals surface area contributed by atoms with Crippen LogP contribution in [0.3, 0.4) is 0 Å². The zero-order valence-corrected chi connectivity index (χ0v) is 15.2. The number of benzene rings is 2. The van der Waals surface area contributed by atoms with E-state index in [9.17, 15) is 19.7 Å². The van der Waals surface area contributed by atoms with Gasteiger partial charge in [-0.25, -0.2) is 5.43 Å². The zero-order chi connectivity index (χ0) is 20.0. The lowest BCUT2D eigenvalue weighted by Gasteiger charge is -2.08. The van der Waals surface area contributed by atoms with Crippen molar-refractivity contribution in [3.8, 4) is 0 Å². The Hall–Kier alpha value is -3.55. The topological polar surface area (TPSA) is 114 Å². The average Bonchev–Trinajstić information content (AvgIpc) is 2.66. The molecule has 0 aliphatic carbocycles. The number of rotatable bonds is 6. The van der Waals surface area contributed by atoms with Crippen LogP contribution >= 0.6 is 0 Å². The molecule has 0 spiro atoms. The van der Waals surface area contributed by atoms with Crippen LogP contribution in [0.25, 0.3) is 0 Å². The molecule has 0 saturated heterocycles. The van der Waals surface area contributed by atoms with Crippen LogP contribution in [-0.2, 0) is 4.79 Å². The summed E-state index contributed by atoms with van der Waals surface area (Å²) in [6.07, 6.45) is 0. The van der Waals surface area contributed by atoms with Crippen LogP contribution in [0, 0.1) is 16.0 Å². The molecular formula is C19H20N4O4. The third kappa shape index (κ3) is 5.46. The fraction of sp³-hybridized carbons (Fsp3) is 0.211. The minimum atomic E-state index is -0.481. The molecule has 2 aromatic rings. The van der Waals surface area contributed by atoms with Crippen molar-refractivity contribution in [2.45, 2.75) is 20.8 Å². The minimum Gasteiger partial charge on any atom is -0.326 e. The minimum absolute atomic E-state index is 0.0137. The van der Waals surface area contributed by atoms with Gasteiger partial charge in [0.2, 0.25) is 5.91 Å². The maximum Gasteiger partial charge on any atom is 0.271 e. The van der Waals surface area contributed by atoms with Crippen molar-refractivity contribution in [2.24, 2.45) is 11.0 Å². The first kappa shape index (κ1) is 19.8. The second kappa shape index (κ2) is 8.70. The van der Waals surface area contributed by atoms with Crippen molar-refractivity contribution in [1.82, 2.24) is 5.43 Å². The van der Waals surface area contributed by atoms with Gasteiger partial charge in [-0.05, 0) is 48.9 Å². The summed E-state index contributed by atoms with van der Waals surface area (Å²) in [5.41, 5.74) is 4.59. The van der Waals surface area contributed by atoms with E-state index < -0.39 is 10.8 Å². The van der Waals surface area contributed by atoms with E-state index in [-0.39, 0.29) is 17.5 Å². The highest BCUT2D eigenvalue weighted by Gasteiger charge is 2.09. The number of nitrogens with zero attached hydrogens (tertiary/aromatic N) is 2. The summed E-state index contributed by atoms with van der Waals surface area (Å²) >= 11 is 0. The van der Waals surface area contributed by atoms with E-state index in [0.717, 1.165) is 0 Å². The van der Waals surface area contributed by atoms with Crippen LogP contribution in [0.2, 0.25) is 0 Å². The number of non-ortho nitro benzene ring substituents is 1. The van der Waals surface area contributed by atoms with Crippen LogP contribution < -0.4 is 10.7 Å². The SMILES string of the molecule is CC(=NNC(=O)c1ccc(NC(=O)C(C)C)cc1)c1ccc([N+](=O)[O-])cc1. The Morgan fingerprint density at radius 1 is 1.00 bits per heavy atom. The van der Waals surface area contributed by atoms with Gasteiger partial charge in [-0.1, -0.05) is 13.8 Å². The fourth-order valence-electron chi connectivity index (χ4n) is 2.08. The van der Waals surface area contributed by atoms with Gasteiger partial charge in [-0.2, -0.15) is 5.10 Å². The number of amides is 2. The molecule has 0 aliphatic rings. The Labute approximate surface area is 156 Å². The van der Waals surface area contributed by atoms with Crippen molar-refractivity contribution >= 4 is 28.9 Å². The van der Waals surface area contributed by atoms with E-state index >= 15 is 0 Å². The summed E-state index contributed by atoms with van der Waals surface area (Å²) in [6.45, 7) is 5.27. The van der Waals surface area contributed by atoms with Crippen molar-refractivity contribution < 1.29 is 14.5 Å². The molecule has 8 nitrogen and oxygen atoms in total. The maximum atomic E-state index is 12.2. The lowest BCUT2D eigenvalue weighted by molar-refractivity contribution is -0.384. The number of anilines is 1. The highest BCUT2D eigenvalue weighted by Crippen LogP contribution is 2.13. The Morgan fingerprint density at radius 3 is 2.07 bits per heavy atom. The molecule has 0 aromatic heterocycles. The summed E-state index contributed by atoms with van der Waals surface area (Å²) in [5.74, 6) is -0.641. The molecule has 2 amide bonds. The number of carbonyl (C=O) groups excluding carboxylic acids is 2. The molecular weight excluding hydrogens is 348 g/mol. The van der Waals surface area contributed by atoms with Gasteiger partial charge < -0.3 is 5.32 Å². The molecule has 0 bridgehead atoms. The van der Waals surface area contributed by atoms with Gasteiger partial charge in [0.05, 0.1) is 10.6 Å². The highest BCUT2D eigenvalue weighted by atomic mass is 16.6. The van der Waals surface area contributed by atoms with Gasteiger partial charge in [0, 0.05) is 29.3 Å². The first-order valence-corrected chi connectivity index (χ1v) is 8.28. The standard InChI is InChI=1S/C19H20N4O4/c1-12(2)18(24)20-16-8-4-15(5-9-16)19(25)22-21-13(3)14-6-10-17(11-7-14)23(26)27/h4-12H,1-3H3,(H,20,24)(H,22,25). The Morgan fingerprint density at radius 2 is 1.56 bits per heavy atom. The summed E-state index contributed by atoms with van der Waals surface area (Å²) in [6, 6.07) is 12.3. The van der Waals surface area contributed by atoms with Gasteiger partial charge in [0.15, 0.2) is 0 Å². The fourth-order valence-corrected chi connectivity index (χ4v) is 2.08. The normalized spacial score (nSPS) is 11.2. The largest absolute Gasteiger partial charge is 0.326 e. The Bertz CT molecular complexity index is 872. The van der Waals surface area contributed by atoms with Gasteiger partial charge in [0.25, 0.3) is 11.6 Å². The zero-order valence-electron chi connectivity index (χ0n) is 15.2. The number of nitrogens with one attached hydrogen (secondary N) is 2. The van der Waals surface area contributed by atoms with Crippen molar-refractivity contribution in [1.29, 1.82) is 0 Å². The Kier molecular flexibility index (Phi) is 6.37.